The normalized spacial score (nSPS) is 10.0. The van der Waals surface area contributed by atoms with Gasteiger partial charge in [-0.3, -0.25) is 4.79 Å². The molecule has 0 bridgehead atoms. The number of rotatable bonds is 5. The maximum Gasteiger partial charge on any atom is 0.272 e. The Kier molecular flexibility index (Phi) is 5.26. The summed E-state index contributed by atoms with van der Waals surface area (Å²) < 4.78 is 0. The minimum Gasteiger partial charge on any atom is -0.338 e. The van der Waals surface area contributed by atoms with E-state index in [1.165, 1.54) is 0 Å². The summed E-state index contributed by atoms with van der Waals surface area (Å²) in [4.78, 5) is 22.7. The van der Waals surface area contributed by atoms with Gasteiger partial charge in [-0.1, -0.05) is 12.1 Å². The van der Waals surface area contributed by atoms with Gasteiger partial charge in [-0.05, 0) is 39.0 Å². The van der Waals surface area contributed by atoms with Crippen molar-refractivity contribution >= 4 is 17.5 Å². The average molecular weight is 309 g/mol. The molecule has 0 aliphatic carbocycles. The molecule has 1 aromatic heterocycles. The molecular weight excluding hydrogens is 290 g/mol. The second-order valence-electron chi connectivity index (χ2n) is 4.98. The molecule has 118 valence electrons. The Morgan fingerprint density at radius 2 is 1.96 bits per heavy atom. The first-order valence-electron chi connectivity index (χ1n) is 7.50. The predicted molar refractivity (Wildman–Crippen MR) is 88.5 cm³/mol. The average Bonchev–Trinajstić information content (AvgIpc) is 2.56. The number of carbonyl (C=O) groups is 1. The highest BCUT2D eigenvalue weighted by molar-refractivity contribution is 5.92. The number of carbonyl (C=O) groups excluding carboxylic acids is 1. The smallest absolute Gasteiger partial charge is 0.272 e. The molecule has 6 nitrogen and oxygen atoms in total. The minimum atomic E-state index is -0.128. The van der Waals surface area contributed by atoms with Gasteiger partial charge in [0.1, 0.15) is 11.8 Å². The number of benzene rings is 1. The third kappa shape index (κ3) is 3.83. The lowest BCUT2D eigenvalue weighted by atomic mass is 10.2. The Bertz CT molecular complexity index is 747. The second-order valence-corrected chi connectivity index (χ2v) is 4.98. The summed E-state index contributed by atoms with van der Waals surface area (Å²) in [6.07, 6.45) is 0. The van der Waals surface area contributed by atoms with Crippen LogP contribution in [0.4, 0.5) is 11.6 Å². The molecule has 0 aliphatic rings. The van der Waals surface area contributed by atoms with E-state index in [0.717, 1.165) is 0 Å². The van der Waals surface area contributed by atoms with Crippen molar-refractivity contribution < 1.29 is 4.79 Å². The van der Waals surface area contributed by atoms with Gasteiger partial charge in [-0.2, -0.15) is 5.26 Å². The summed E-state index contributed by atoms with van der Waals surface area (Å²) in [6, 6.07) is 10.9. The molecule has 0 saturated heterocycles. The highest BCUT2D eigenvalue weighted by Gasteiger charge is 2.16. The van der Waals surface area contributed by atoms with Crippen molar-refractivity contribution in [1.82, 2.24) is 14.9 Å². The zero-order chi connectivity index (χ0) is 16.8. The SMILES string of the molecule is CCN(CC)C(=O)c1cc(C)nc(Nc2ccccc2C#N)n1. The van der Waals surface area contributed by atoms with Crippen molar-refractivity contribution in [3.63, 3.8) is 0 Å². The Hall–Kier alpha value is -2.94. The monoisotopic (exact) mass is 309 g/mol. The number of nitrogens with one attached hydrogen (secondary N) is 1. The number of nitrogens with zero attached hydrogens (tertiary/aromatic N) is 4. The van der Waals surface area contributed by atoms with E-state index in [9.17, 15) is 4.79 Å². The Labute approximate surface area is 135 Å². The van der Waals surface area contributed by atoms with Crippen molar-refractivity contribution in [3.8, 4) is 6.07 Å². The van der Waals surface area contributed by atoms with Crippen LogP contribution < -0.4 is 5.32 Å². The molecule has 2 rings (SSSR count). The molecule has 1 amide bonds. The number of aromatic nitrogens is 2. The molecule has 6 heteroatoms. The molecule has 0 aliphatic heterocycles. The third-order valence-electron chi connectivity index (χ3n) is 3.42. The highest BCUT2D eigenvalue weighted by atomic mass is 16.2. The molecule has 1 N–H and O–H groups in total. The molecule has 2 aromatic rings. The van der Waals surface area contributed by atoms with Gasteiger partial charge >= 0.3 is 0 Å². The summed E-state index contributed by atoms with van der Waals surface area (Å²) in [5, 5.41) is 12.2. The lowest BCUT2D eigenvalue weighted by Crippen LogP contribution is -2.31. The number of amides is 1. The summed E-state index contributed by atoms with van der Waals surface area (Å²) in [5.41, 5.74) is 2.14. The number of aryl methyl sites for hydroxylation is 1. The summed E-state index contributed by atoms with van der Waals surface area (Å²) in [7, 11) is 0. The van der Waals surface area contributed by atoms with Gasteiger partial charge in [0, 0.05) is 18.8 Å². The summed E-state index contributed by atoms with van der Waals surface area (Å²) in [5.74, 6) is 0.181. The largest absolute Gasteiger partial charge is 0.338 e. The van der Waals surface area contributed by atoms with Gasteiger partial charge in [0.15, 0.2) is 0 Å². The number of nitriles is 1. The first kappa shape index (κ1) is 16.4. The second kappa shape index (κ2) is 7.36. The fraction of sp³-hybridized carbons (Fsp3) is 0.294. The third-order valence-corrected chi connectivity index (χ3v) is 3.42. The molecule has 1 heterocycles. The molecule has 0 atom stereocenters. The summed E-state index contributed by atoms with van der Waals surface area (Å²) in [6.45, 7) is 6.91. The van der Waals surface area contributed by atoms with Crippen LogP contribution in [0.2, 0.25) is 0 Å². The fourth-order valence-corrected chi connectivity index (χ4v) is 2.22. The van der Waals surface area contributed by atoms with Gasteiger partial charge < -0.3 is 10.2 Å². The number of hydrogen-bond acceptors (Lipinski definition) is 5. The first-order chi connectivity index (χ1) is 11.1. The Morgan fingerprint density at radius 3 is 2.61 bits per heavy atom. The summed E-state index contributed by atoms with van der Waals surface area (Å²) >= 11 is 0. The first-order valence-corrected chi connectivity index (χ1v) is 7.50. The minimum absolute atomic E-state index is 0.128. The van der Waals surface area contributed by atoms with Crippen LogP contribution in [0.1, 0.15) is 35.6 Å². The molecule has 23 heavy (non-hydrogen) atoms. The Balaban J connectivity index is 2.34. The van der Waals surface area contributed by atoms with Crippen LogP contribution >= 0.6 is 0 Å². The molecule has 0 fully saturated rings. The maximum atomic E-state index is 12.4. The van der Waals surface area contributed by atoms with E-state index in [1.54, 1.807) is 29.2 Å². The van der Waals surface area contributed by atoms with Gasteiger partial charge in [0.05, 0.1) is 11.3 Å². The van der Waals surface area contributed by atoms with Crippen molar-refractivity contribution in [3.05, 3.63) is 47.3 Å². The van der Waals surface area contributed by atoms with E-state index < -0.39 is 0 Å². The van der Waals surface area contributed by atoms with Gasteiger partial charge in [-0.15, -0.1) is 0 Å². The lowest BCUT2D eigenvalue weighted by molar-refractivity contribution is 0.0767. The highest BCUT2D eigenvalue weighted by Crippen LogP contribution is 2.18. The van der Waals surface area contributed by atoms with Crippen LogP contribution in [0.5, 0.6) is 0 Å². The van der Waals surface area contributed by atoms with Crippen molar-refractivity contribution in [1.29, 1.82) is 5.26 Å². The topological polar surface area (TPSA) is 81.9 Å². The zero-order valence-electron chi connectivity index (χ0n) is 13.5. The fourth-order valence-electron chi connectivity index (χ4n) is 2.22. The predicted octanol–water partition coefficient (Wildman–Crippen LogP) is 2.88. The van der Waals surface area contributed by atoms with Crippen molar-refractivity contribution in [2.75, 3.05) is 18.4 Å². The van der Waals surface area contributed by atoms with Gasteiger partial charge in [0.25, 0.3) is 5.91 Å². The van der Waals surface area contributed by atoms with Gasteiger partial charge in [-0.25, -0.2) is 9.97 Å². The molecule has 0 saturated carbocycles. The van der Waals surface area contributed by atoms with Crippen molar-refractivity contribution in [2.24, 2.45) is 0 Å². The quantitative estimate of drug-likeness (QED) is 0.918. The van der Waals surface area contributed by atoms with Crippen LogP contribution in [0.3, 0.4) is 0 Å². The van der Waals surface area contributed by atoms with Crippen LogP contribution in [-0.4, -0.2) is 33.9 Å². The van der Waals surface area contributed by atoms with Crippen LogP contribution in [0, 0.1) is 18.3 Å². The zero-order valence-corrected chi connectivity index (χ0v) is 13.5. The van der Waals surface area contributed by atoms with E-state index in [-0.39, 0.29) is 5.91 Å². The molecule has 0 spiro atoms. The van der Waals surface area contributed by atoms with Crippen LogP contribution in [0.15, 0.2) is 30.3 Å². The maximum absolute atomic E-state index is 12.4. The standard InChI is InChI=1S/C17H19N5O/c1-4-22(5-2)16(23)15-10-12(3)19-17(21-15)20-14-9-7-6-8-13(14)11-18/h6-10H,4-5H2,1-3H3,(H,19,20,21). The Morgan fingerprint density at radius 1 is 1.26 bits per heavy atom. The van der Waals surface area contributed by atoms with E-state index in [1.807, 2.05) is 26.8 Å². The van der Waals surface area contributed by atoms with E-state index in [4.69, 9.17) is 5.26 Å². The van der Waals surface area contributed by atoms with E-state index in [2.05, 4.69) is 21.4 Å². The van der Waals surface area contributed by atoms with E-state index >= 15 is 0 Å². The number of anilines is 2. The number of hydrogen-bond donors (Lipinski definition) is 1. The molecule has 0 unspecified atom stereocenters. The molecule has 0 radical (unpaired) electrons. The van der Waals surface area contributed by atoms with E-state index in [0.29, 0.717) is 41.7 Å². The number of para-hydroxylation sites is 1. The lowest BCUT2D eigenvalue weighted by Gasteiger charge is -2.18. The van der Waals surface area contributed by atoms with Crippen molar-refractivity contribution in [2.45, 2.75) is 20.8 Å². The van der Waals surface area contributed by atoms with Crippen LogP contribution in [0.25, 0.3) is 0 Å². The molecule has 1 aromatic carbocycles. The van der Waals surface area contributed by atoms with Crippen LogP contribution in [-0.2, 0) is 0 Å². The molecular formula is C17H19N5O. The van der Waals surface area contributed by atoms with Gasteiger partial charge in [0.2, 0.25) is 5.95 Å².